The predicted octanol–water partition coefficient (Wildman–Crippen LogP) is 5.47. The molecule has 0 bridgehead atoms. The summed E-state index contributed by atoms with van der Waals surface area (Å²) in [6.45, 7) is 0.997. The van der Waals surface area contributed by atoms with Crippen molar-refractivity contribution in [1.82, 2.24) is 9.97 Å². The second kappa shape index (κ2) is 9.77. The predicted molar refractivity (Wildman–Crippen MR) is 121 cm³/mol. The molecule has 0 aromatic carbocycles. The van der Waals surface area contributed by atoms with Crippen LogP contribution in [-0.4, -0.2) is 28.6 Å². The number of hydrogen-bond acceptors (Lipinski definition) is 5. The van der Waals surface area contributed by atoms with Gasteiger partial charge in [-0.15, -0.1) is 0 Å². The van der Waals surface area contributed by atoms with Crippen LogP contribution in [0.1, 0.15) is 57.8 Å². The number of nitrogens with two attached hydrogens (primary N) is 1. The van der Waals surface area contributed by atoms with Gasteiger partial charge < -0.3 is 16.4 Å². The number of nitrogens with zero attached hydrogens (tertiary/aromatic N) is 2. The Balaban J connectivity index is 1.44. The van der Waals surface area contributed by atoms with Gasteiger partial charge in [0.25, 0.3) is 0 Å². The summed E-state index contributed by atoms with van der Waals surface area (Å²) >= 11 is 6.50. The molecule has 0 saturated heterocycles. The first-order valence-corrected chi connectivity index (χ1v) is 11.4. The largest absolute Gasteiger partial charge is 0.370 e. The fraction of sp³-hybridized carbons (Fsp3) is 0.565. The van der Waals surface area contributed by atoms with Crippen LogP contribution < -0.4 is 16.4 Å². The topological polar surface area (TPSA) is 75.9 Å². The molecule has 4 rings (SSSR count). The highest BCUT2D eigenvalue weighted by Crippen LogP contribution is 2.31. The highest BCUT2D eigenvalue weighted by atomic mass is 35.5. The number of nitrogens with one attached hydrogen (secondary N) is 2. The zero-order valence-electron chi connectivity index (χ0n) is 17.0. The number of pyridine rings is 2. The zero-order valence-corrected chi connectivity index (χ0v) is 17.8. The van der Waals surface area contributed by atoms with Gasteiger partial charge >= 0.3 is 0 Å². The van der Waals surface area contributed by atoms with Gasteiger partial charge in [0.1, 0.15) is 11.6 Å². The average molecular weight is 414 g/mol. The summed E-state index contributed by atoms with van der Waals surface area (Å²) in [7, 11) is 0. The van der Waals surface area contributed by atoms with E-state index >= 15 is 0 Å². The molecule has 0 radical (unpaired) electrons. The van der Waals surface area contributed by atoms with Gasteiger partial charge in [0, 0.05) is 36.6 Å². The monoisotopic (exact) mass is 413 g/mol. The van der Waals surface area contributed by atoms with E-state index in [1.165, 1.54) is 32.1 Å². The lowest BCUT2D eigenvalue weighted by molar-refractivity contribution is 0.373. The fourth-order valence-corrected chi connectivity index (χ4v) is 4.76. The maximum Gasteiger partial charge on any atom is 0.126 e. The molecule has 2 aliphatic carbocycles. The molecule has 156 valence electrons. The van der Waals surface area contributed by atoms with Crippen molar-refractivity contribution >= 4 is 23.2 Å². The van der Waals surface area contributed by atoms with Gasteiger partial charge in [-0.2, -0.15) is 0 Å². The minimum absolute atomic E-state index is 0.345. The molecule has 5 nitrogen and oxygen atoms in total. The second-order valence-corrected chi connectivity index (χ2v) is 9.03. The standard InChI is InChI=1S/C23H32ClN5/c24-21-15-28-23(29-19-8-6-18(25)7-9-19)13-20(21)17-10-11-26-22(12-17)27-14-16-4-2-1-3-5-16/h10-13,15-16,18-19H,1-9,14,25H2,(H,26,27)(H,28,29). The van der Waals surface area contributed by atoms with Crippen molar-refractivity contribution in [1.29, 1.82) is 0 Å². The highest BCUT2D eigenvalue weighted by Gasteiger charge is 2.19. The van der Waals surface area contributed by atoms with Crippen molar-refractivity contribution in [3.8, 4) is 11.1 Å². The van der Waals surface area contributed by atoms with E-state index in [0.717, 1.165) is 60.9 Å². The van der Waals surface area contributed by atoms with Crippen molar-refractivity contribution in [2.75, 3.05) is 17.2 Å². The summed E-state index contributed by atoms with van der Waals surface area (Å²) in [5.74, 6) is 2.55. The maximum atomic E-state index is 6.50. The van der Waals surface area contributed by atoms with Gasteiger partial charge in [0.2, 0.25) is 0 Å². The lowest BCUT2D eigenvalue weighted by atomic mass is 9.89. The van der Waals surface area contributed by atoms with Crippen LogP contribution in [0.5, 0.6) is 0 Å². The Labute approximate surface area is 178 Å². The van der Waals surface area contributed by atoms with Crippen LogP contribution in [0.2, 0.25) is 5.02 Å². The van der Waals surface area contributed by atoms with Crippen LogP contribution in [0.3, 0.4) is 0 Å². The summed E-state index contributed by atoms with van der Waals surface area (Å²) in [5.41, 5.74) is 8.07. The molecule has 2 aromatic rings. The van der Waals surface area contributed by atoms with E-state index in [0.29, 0.717) is 17.1 Å². The number of halogens is 1. The van der Waals surface area contributed by atoms with Gasteiger partial charge in [-0.05, 0) is 68.2 Å². The van der Waals surface area contributed by atoms with Crippen LogP contribution in [0.15, 0.2) is 30.6 Å². The van der Waals surface area contributed by atoms with Crippen LogP contribution in [0, 0.1) is 5.92 Å². The number of anilines is 2. The SMILES string of the molecule is NC1CCC(Nc2cc(-c3ccnc(NCC4CCCCC4)c3)c(Cl)cn2)CC1. The molecular formula is C23H32ClN5. The van der Waals surface area contributed by atoms with E-state index in [2.05, 4.69) is 32.7 Å². The molecular weight excluding hydrogens is 382 g/mol. The van der Waals surface area contributed by atoms with Gasteiger partial charge in [-0.1, -0.05) is 30.9 Å². The Morgan fingerprint density at radius 2 is 1.76 bits per heavy atom. The van der Waals surface area contributed by atoms with E-state index in [9.17, 15) is 0 Å². The van der Waals surface area contributed by atoms with Gasteiger partial charge in [0.15, 0.2) is 0 Å². The first-order chi connectivity index (χ1) is 14.2. The average Bonchev–Trinajstić information content (AvgIpc) is 2.76. The molecule has 0 spiro atoms. The fourth-order valence-electron chi connectivity index (χ4n) is 4.55. The first-order valence-electron chi connectivity index (χ1n) is 11.1. The lowest BCUT2D eigenvalue weighted by Gasteiger charge is -2.27. The van der Waals surface area contributed by atoms with Crippen molar-refractivity contribution < 1.29 is 0 Å². The minimum atomic E-state index is 0.345. The number of hydrogen-bond donors (Lipinski definition) is 3. The molecule has 2 heterocycles. The summed E-state index contributed by atoms with van der Waals surface area (Å²) in [6.07, 6.45) is 14.6. The number of aromatic nitrogens is 2. The molecule has 2 aliphatic rings. The lowest BCUT2D eigenvalue weighted by Crippen LogP contribution is -2.33. The Hall–Kier alpha value is -1.85. The summed E-state index contributed by atoms with van der Waals surface area (Å²) in [5, 5.41) is 7.75. The van der Waals surface area contributed by atoms with Crippen LogP contribution >= 0.6 is 11.6 Å². The Kier molecular flexibility index (Phi) is 6.88. The van der Waals surface area contributed by atoms with Crippen LogP contribution in [0.4, 0.5) is 11.6 Å². The molecule has 0 amide bonds. The van der Waals surface area contributed by atoms with Gasteiger partial charge in [-0.3, -0.25) is 0 Å². The summed E-state index contributed by atoms with van der Waals surface area (Å²) in [4.78, 5) is 9.00. The molecule has 0 aliphatic heterocycles. The van der Waals surface area contributed by atoms with Crippen LogP contribution in [-0.2, 0) is 0 Å². The van der Waals surface area contributed by atoms with Crippen molar-refractivity contribution in [2.24, 2.45) is 11.7 Å². The third-order valence-corrected chi connectivity index (χ3v) is 6.65. The van der Waals surface area contributed by atoms with Gasteiger partial charge in [-0.25, -0.2) is 9.97 Å². The summed E-state index contributed by atoms with van der Waals surface area (Å²) < 4.78 is 0. The normalized spacial score (nSPS) is 23.0. The van der Waals surface area contributed by atoms with E-state index in [1.807, 2.05) is 12.3 Å². The third-order valence-electron chi connectivity index (χ3n) is 6.35. The smallest absolute Gasteiger partial charge is 0.126 e. The van der Waals surface area contributed by atoms with Crippen molar-refractivity contribution in [3.63, 3.8) is 0 Å². The Morgan fingerprint density at radius 3 is 2.55 bits per heavy atom. The van der Waals surface area contributed by atoms with E-state index < -0.39 is 0 Å². The van der Waals surface area contributed by atoms with E-state index in [1.54, 1.807) is 6.20 Å². The number of rotatable bonds is 6. The van der Waals surface area contributed by atoms with Crippen LogP contribution in [0.25, 0.3) is 11.1 Å². The van der Waals surface area contributed by atoms with Crippen molar-refractivity contribution in [3.05, 3.63) is 35.6 Å². The third kappa shape index (κ3) is 5.61. The van der Waals surface area contributed by atoms with E-state index in [4.69, 9.17) is 17.3 Å². The minimum Gasteiger partial charge on any atom is -0.370 e. The molecule has 2 fully saturated rings. The molecule has 6 heteroatoms. The van der Waals surface area contributed by atoms with E-state index in [-0.39, 0.29) is 0 Å². The molecule has 4 N–H and O–H groups in total. The molecule has 2 aromatic heterocycles. The first kappa shape index (κ1) is 20.4. The summed E-state index contributed by atoms with van der Waals surface area (Å²) in [6, 6.07) is 6.93. The second-order valence-electron chi connectivity index (χ2n) is 8.62. The Morgan fingerprint density at radius 1 is 0.966 bits per heavy atom. The van der Waals surface area contributed by atoms with Gasteiger partial charge in [0.05, 0.1) is 5.02 Å². The maximum absolute atomic E-state index is 6.50. The molecule has 0 atom stereocenters. The Bertz CT molecular complexity index is 798. The zero-order chi connectivity index (χ0) is 20.1. The highest BCUT2D eigenvalue weighted by molar-refractivity contribution is 6.33. The quantitative estimate of drug-likeness (QED) is 0.585. The molecule has 29 heavy (non-hydrogen) atoms. The van der Waals surface area contributed by atoms with Crippen molar-refractivity contribution in [2.45, 2.75) is 69.9 Å². The molecule has 0 unspecified atom stereocenters. The molecule has 2 saturated carbocycles.